The Morgan fingerprint density at radius 1 is 1.38 bits per heavy atom. The standard InChI is InChI=1S/C18H24BrNO/c1-12(2)9-16(19)11-13-3-6-17-15(10-13)7-8-20(17)18(21)14-4-5-14/h3,6,10,12,14,16H,4-5,7-9,11H2,1-2H3. The molecule has 2 aliphatic rings. The summed E-state index contributed by atoms with van der Waals surface area (Å²) in [6, 6.07) is 6.67. The number of amides is 1. The fourth-order valence-electron chi connectivity index (χ4n) is 3.21. The third kappa shape index (κ3) is 3.50. The highest BCUT2D eigenvalue weighted by atomic mass is 79.9. The molecule has 0 N–H and O–H groups in total. The summed E-state index contributed by atoms with van der Waals surface area (Å²) in [6.45, 7) is 5.40. The largest absolute Gasteiger partial charge is 0.312 e. The number of carbonyl (C=O) groups excluding carboxylic acids is 1. The van der Waals surface area contributed by atoms with Crippen molar-refractivity contribution in [3.05, 3.63) is 29.3 Å². The predicted octanol–water partition coefficient (Wildman–Crippen LogP) is 4.34. The summed E-state index contributed by atoms with van der Waals surface area (Å²) in [5.41, 5.74) is 3.90. The Morgan fingerprint density at radius 2 is 2.14 bits per heavy atom. The minimum absolute atomic E-state index is 0.314. The van der Waals surface area contributed by atoms with E-state index in [1.54, 1.807) is 0 Å². The molecule has 1 heterocycles. The van der Waals surface area contributed by atoms with E-state index in [1.807, 2.05) is 4.90 Å². The van der Waals surface area contributed by atoms with Gasteiger partial charge in [-0.25, -0.2) is 0 Å². The van der Waals surface area contributed by atoms with Crippen LogP contribution in [0.1, 0.15) is 44.2 Å². The molecule has 1 aliphatic heterocycles. The minimum atomic E-state index is 0.314. The number of rotatable bonds is 5. The molecule has 0 bridgehead atoms. The van der Waals surface area contributed by atoms with Crippen LogP contribution in [0, 0.1) is 11.8 Å². The van der Waals surface area contributed by atoms with Crippen molar-refractivity contribution >= 4 is 27.5 Å². The molecular formula is C18H24BrNO. The van der Waals surface area contributed by atoms with Crippen LogP contribution in [0.4, 0.5) is 5.69 Å². The van der Waals surface area contributed by atoms with Gasteiger partial charge in [-0.3, -0.25) is 4.79 Å². The third-order valence-electron chi connectivity index (χ3n) is 4.42. The second-order valence-electron chi connectivity index (χ2n) is 6.91. The fourth-order valence-corrected chi connectivity index (χ4v) is 4.33. The zero-order chi connectivity index (χ0) is 15.0. The van der Waals surface area contributed by atoms with Gasteiger partial charge in [0.05, 0.1) is 0 Å². The number of fused-ring (bicyclic) bond motifs is 1. The monoisotopic (exact) mass is 349 g/mol. The summed E-state index contributed by atoms with van der Waals surface area (Å²) in [6.07, 6.45) is 5.45. The third-order valence-corrected chi connectivity index (χ3v) is 5.11. The number of halogens is 1. The maximum Gasteiger partial charge on any atom is 0.230 e. The van der Waals surface area contributed by atoms with E-state index in [0.717, 1.165) is 43.8 Å². The molecule has 1 amide bonds. The van der Waals surface area contributed by atoms with Crippen LogP contribution in [0.25, 0.3) is 0 Å². The number of nitrogens with zero attached hydrogens (tertiary/aromatic N) is 1. The molecule has 0 aromatic heterocycles. The fraction of sp³-hybridized carbons (Fsp3) is 0.611. The van der Waals surface area contributed by atoms with Gasteiger partial charge in [0.2, 0.25) is 5.91 Å². The molecule has 1 fully saturated rings. The van der Waals surface area contributed by atoms with Gasteiger partial charge in [-0.1, -0.05) is 41.9 Å². The molecular weight excluding hydrogens is 326 g/mol. The molecule has 3 rings (SSSR count). The number of hydrogen-bond donors (Lipinski definition) is 0. The lowest BCUT2D eigenvalue weighted by Crippen LogP contribution is -2.30. The van der Waals surface area contributed by atoms with Crippen molar-refractivity contribution in [2.24, 2.45) is 11.8 Å². The smallest absolute Gasteiger partial charge is 0.230 e. The maximum absolute atomic E-state index is 12.3. The van der Waals surface area contributed by atoms with E-state index >= 15 is 0 Å². The van der Waals surface area contributed by atoms with E-state index < -0.39 is 0 Å². The molecule has 0 radical (unpaired) electrons. The van der Waals surface area contributed by atoms with Crippen molar-refractivity contribution < 1.29 is 4.79 Å². The van der Waals surface area contributed by atoms with Crippen LogP contribution in [-0.2, 0) is 17.6 Å². The number of benzene rings is 1. The first-order valence-electron chi connectivity index (χ1n) is 8.12. The van der Waals surface area contributed by atoms with Crippen molar-refractivity contribution in [2.45, 2.75) is 50.8 Å². The Morgan fingerprint density at radius 3 is 2.81 bits per heavy atom. The Hall–Kier alpha value is -0.830. The van der Waals surface area contributed by atoms with Gasteiger partial charge in [0.25, 0.3) is 0 Å². The molecule has 1 aromatic carbocycles. The van der Waals surface area contributed by atoms with Gasteiger partial charge in [-0.2, -0.15) is 0 Å². The molecule has 1 atom stereocenters. The van der Waals surface area contributed by atoms with Crippen LogP contribution < -0.4 is 4.90 Å². The topological polar surface area (TPSA) is 20.3 Å². The van der Waals surface area contributed by atoms with Gasteiger partial charge in [-0.05, 0) is 55.2 Å². The van der Waals surface area contributed by atoms with E-state index in [0.29, 0.717) is 16.7 Å². The van der Waals surface area contributed by atoms with E-state index in [9.17, 15) is 4.79 Å². The quantitative estimate of drug-likeness (QED) is 0.724. The average molecular weight is 350 g/mol. The summed E-state index contributed by atoms with van der Waals surface area (Å²) in [4.78, 5) is 14.8. The number of anilines is 1. The number of hydrogen-bond acceptors (Lipinski definition) is 1. The van der Waals surface area contributed by atoms with Crippen LogP contribution >= 0.6 is 15.9 Å². The molecule has 2 nitrogen and oxygen atoms in total. The Balaban J connectivity index is 1.69. The van der Waals surface area contributed by atoms with Crippen molar-refractivity contribution in [3.63, 3.8) is 0 Å². The summed E-state index contributed by atoms with van der Waals surface area (Å²) in [5.74, 6) is 1.38. The Kier molecular flexibility index (Phi) is 4.39. The van der Waals surface area contributed by atoms with Crippen LogP contribution in [0.2, 0.25) is 0 Å². The van der Waals surface area contributed by atoms with Crippen molar-refractivity contribution in [3.8, 4) is 0 Å². The molecule has 114 valence electrons. The van der Waals surface area contributed by atoms with Gasteiger partial charge in [-0.15, -0.1) is 0 Å². The molecule has 1 saturated carbocycles. The second-order valence-corrected chi connectivity index (χ2v) is 8.20. The highest BCUT2D eigenvalue weighted by Crippen LogP contribution is 2.37. The van der Waals surface area contributed by atoms with E-state index in [1.165, 1.54) is 17.5 Å². The van der Waals surface area contributed by atoms with Gasteiger partial charge in [0.1, 0.15) is 0 Å². The SMILES string of the molecule is CC(C)CC(Br)Cc1ccc2c(c1)CCN2C(=O)C1CC1. The highest BCUT2D eigenvalue weighted by molar-refractivity contribution is 9.09. The first kappa shape index (κ1) is 15.1. The molecule has 1 unspecified atom stereocenters. The maximum atomic E-state index is 12.3. The first-order valence-corrected chi connectivity index (χ1v) is 9.03. The van der Waals surface area contributed by atoms with Crippen molar-refractivity contribution in [1.82, 2.24) is 0 Å². The lowest BCUT2D eigenvalue weighted by atomic mass is 10.00. The average Bonchev–Trinajstić information content (AvgIpc) is 3.17. The van der Waals surface area contributed by atoms with Crippen LogP contribution in [0.15, 0.2) is 18.2 Å². The van der Waals surface area contributed by atoms with E-state index in [4.69, 9.17) is 0 Å². The lowest BCUT2D eigenvalue weighted by molar-refractivity contribution is -0.119. The second kappa shape index (κ2) is 6.12. The van der Waals surface area contributed by atoms with Gasteiger partial charge in [0, 0.05) is 23.0 Å². The summed E-state index contributed by atoms with van der Waals surface area (Å²) < 4.78 is 0. The van der Waals surface area contributed by atoms with Gasteiger partial charge < -0.3 is 4.90 Å². The first-order chi connectivity index (χ1) is 10.0. The summed E-state index contributed by atoms with van der Waals surface area (Å²) in [7, 11) is 0. The molecule has 3 heteroatoms. The van der Waals surface area contributed by atoms with Crippen molar-refractivity contribution in [2.75, 3.05) is 11.4 Å². The molecule has 0 saturated heterocycles. The number of carbonyl (C=O) groups is 1. The summed E-state index contributed by atoms with van der Waals surface area (Å²) in [5, 5.41) is 0. The molecule has 21 heavy (non-hydrogen) atoms. The van der Waals surface area contributed by atoms with Crippen molar-refractivity contribution in [1.29, 1.82) is 0 Å². The Labute approximate surface area is 136 Å². The zero-order valence-electron chi connectivity index (χ0n) is 12.9. The zero-order valence-corrected chi connectivity index (χ0v) is 14.5. The molecule has 1 aromatic rings. The lowest BCUT2D eigenvalue weighted by Gasteiger charge is -2.18. The summed E-state index contributed by atoms with van der Waals surface area (Å²) >= 11 is 3.79. The Bertz CT molecular complexity index is 536. The minimum Gasteiger partial charge on any atom is -0.312 e. The van der Waals surface area contributed by atoms with Gasteiger partial charge in [0.15, 0.2) is 0 Å². The van der Waals surface area contributed by atoms with Crippen LogP contribution in [0.5, 0.6) is 0 Å². The van der Waals surface area contributed by atoms with Gasteiger partial charge >= 0.3 is 0 Å². The predicted molar refractivity (Wildman–Crippen MR) is 91.1 cm³/mol. The highest BCUT2D eigenvalue weighted by Gasteiger charge is 2.36. The van der Waals surface area contributed by atoms with E-state index in [-0.39, 0.29) is 0 Å². The number of alkyl halides is 1. The normalized spacial score (nSPS) is 19.0. The van der Waals surface area contributed by atoms with Crippen LogP contribution in [0.3, 0.4) is 0 Å². The van der Waals surface area contributed by atoms with E-state index in [2.05, 4.69) is 48.0 Å². The molecule has 1 aliphatic carbocycles. The van der Waals surface area contributed by atoms with Crippen LogP contribution in [-0.4, -0.2) is 17.3 Å². The molecule has 0 spiro atoms.